The number of aliphatic carboxylic acids is 1. The van der Waals surface area contributed by atoms with E-state index < -0.39 is 24.7 Å². The molecule has 2 aromatic carbocycles. The number of hydrogen-bond donors (Lipinski definition) is 2. The quantitative estimate of drug-likeness (QED) is 0.729. The summed E-state index contributed by atoms with van der Waals surface area (Å²) in [6, 6.07) is 11.9. The highest BCUT2D eigenvalue weighted by atomic mass is 19.3. The summed E-state index contributed by atoms with van der Waals surface area (Å²) in [5.41, 5.74) is 1.68. The first-order chi connectivity index (χ1) is 13.8. The fraction of sp³-hybridized carbons (Fsp3) is 0.200. The van der Waals surface area contributed by atoms with Gasteiger partial charge in [0.05, 0.1) is 6.54 Å². The summed E-state index contributed by atoms with van der Waals surface area (Å²) >= 11 is 0. The second-order valence-corrected chi connectivity index (χ2v) is 6.20. The van der Waals surface area contributed by atoms with Gasteiger partial charge in [0.2, 0.25) is 0 Å². The molecule has 1 unspecified atom stereocenters. The first kappa shape index (κ1) is 20.1. The highest BCUT2D eigenvalue weighted by Crippen LogP contribution is 2.35. The normalized spacial score (nSPS) is 15.9. The van der Waals surface area contributed by atoms with E-state index in [1.807, 2.05) is 18.2 Å². The molecule has 0 saturated carbocycles. The van der Waals surface area contributed by atoms with Crippen molar-refractivity contribution >= 4 is 17.6 Å². The minimum Gasteiger partial charge on any atom is -0.485 e. The largest absolute Gasteiger partial charge is 0.485 e. The standard InChI is InChI=1S/C20H17F2NO6/c21-19(22)29-16-7-6-13(9-17(16)28-11-12-4-2-1-3-5-12)14-8-15(18(24)25)23(10-14)20(26)27/h1-9,15,19H,10-11H2,(H,24,25)(H,26,27). The van der Waals surface area contributed by atoms with Gasteiger partial charge in [-0.2, -0.15) is 8.78 Å². The van der Waals surface area contributed by atoms with Crippen molar-refractivity contribution < 1.29 is 38.1 Å². The van der Waals surface area contributed by atoms with Gasteiger partial charge in [-0.25, -0.2) is 9.59 Å². The molecule has 0 radical (unpaired) electrons. The molecule has 1 heterocycles. The Labute approximate surface area is 164 Å². The van der Waals surface area contributed by atoms with E-state index in [4.69, 9.17) is 4.74 Å². The molecule has 1 aliphatic heterocycles. The smallest absolute Gasteiger partial charge is 0.408 e. The van der Waals surface area contributed by atoms with Gasteiger partial charge in [-0.1, -0.05) is 36.4 Å². The third-order valence-electron chi connectivity index (χ3n) is 4.30. The van der Waals surface area contributed by atoms with Crippen LogP contribution in [-0.4, -0.2) is 46.4 Å². The monoisotopic (exact) mass is 405 g/mol. The molecule has 0 saturated heterocycles. The molecule has 9 heteroatoms. The Kier molecular flexibility index (Phi) is 5.96. The van der Waals surface area contributed by atoms with Crippen LogP contribution >= 0.6 is 0 Å². The molecule has 2 N–H and O–H groups in total. The van der Waals surface area contributed by atoms with Crippen LogP contribution in [-0.2, 0) is 11.4 Å². The molecule has 2 aromatic rings. The number of alkyl halides is 2. The molecule has 152 valence electrons. The molecule has 29 heavy (non-hydrogen) atoms. The predicted octanol–water partition coefficient (Wildman–Crippen LogP) is 3.70. The Hall–Kier alpha value is -3.62. The Bertz CT molecular complexity index is 932. The summed E-state index contributed by atoms with van der Waals surface area (Å²) < 4.78 is 35.6. The van der Waals surface area contributed by atoms with Crippen LogP contribution in [0.4, 0.5) is 13.6 Å². The van der Waals surface area contributed by atoms with Crippen molar-refractivity contribution in [2.45, 2.75) is 19.3 Å². The third-order valence-corrected chi connectivity index (χ3v) is 4.30. The van der Waals surface area contributed by atoms with E-state index in [2.05, 4.69) is 4.74 Å². The number of nitrogens with zero attached hydrogens (tertiary/aromatic N) is 1. The Morgan fingerprint density at radius 2 is 1.83 bits per heavy atom. The van der Waals surface area contributed by atoms with Gasteiger partial charge in [-0.3, -0.25) is 4.90 Å². The van der Waals surface area contributed by atoms with Crippen LogP contribution < -0.4 is 9.47 Å². The van der Waals surface area contributed by atoms with E-state index in [0.717, 1.165) is 10.5 Å². The lowest BCUT2D eigenvalue weighted by Crippen LogP contribution is -2.40. The summed E-state index contributed by atoms with van der Waals surface area (Å²) in [6.45, 7) is -3.11. The zero-order valence-corrected chi connectivity index (χ0v) is 15.0. The van der Waals surface area contributed by atoms with E-state index in [1.54, 1.807) is 12.1 Å². The van der Waals surface area contributed by atoms with Gasteiger partial charge in [0.25, 0.3) is 0 Å². The molecule has 1 aliphatic rings. The molecular formula is C20H17F2NO6. The van der Waals surface area contributed by atoms with Crippen LogP contribution in [0.1, 0.15) is 11.1 Å². The SMILES string of the molecule is O=C(O)C1C=C(c2ccc(OC(F)F)c(OCc3ccccc3)c2)CN1C(=O)O. The number of carbonyl (C=O) groups is 2. The minimum absolute atomic E-state index is 0.0354. The van der Waals surface area contributed by atoms with Crippen LogP contribution in [0.3, 0.4) is 0 Å². The van der Waals surface area contributed by atoms with Crippen molar-refractivity contribution in [2.75, 3.05) is 6.54 Å². The number of rotatable bonds is 7. The van der Waals surface area contributed by atoms with E-state index in [0.29, 0.717) is 11.1 Å². The molecule has 3 rings (SSSR count). The number of hydrogen-bond acceptors (Lipinski definition) is 4. The maximum Gasteiger partial charge on any atom is 0.408 e. The number of halogens is 2. The van der Waals surface area contributed by atoms with Gasteiger partial charge in [0.1, 0.15) is 6.61 Å². The van der Waals surface area contributed by atoms with Crippen molar-refractivity contribution in [3.63, 3.8) is 0 Å². The minimum atomic E-state index is -3.05. The van der Waals surface area contributed by atoms with Crippen LogP contribution in [0, 0.1) is 0 Å². The van der Waals surface area contributed by atoms with Gasteiger partial charge in [-0.15, -0.1) is 0 Å². The number of carboxylic acids is 1. The number of amides is 1. The Morgan fingerprint density at radius 1 is 1.10 bits per heavy atom. The molecule has 0 spiro atoms. The van der Waals surface area contributed by atoms with Gasteiger partial charge in [-0.05, 0) is 34.9 Å². The second kappa shape index (κ2) is 8.59. The fourth-order valence-corrected chi connectivity index (χ4v) is 2.94. The fourth-order valence-electron chi connectivity index (χ4n) is 2.94. The summed E-state index contributed by atoms with van der Waals surface area (Å²) in [7, 11) is 0. The van der Waals surface area contributed by atoms with Crippen molar-refractivity contribution in [1.82, 2.24) is 4.90 Å². The molecule has 1 amide bonds. The first-order valence-electron chi connectivity index (χ1n) is 8.54. The van der Waals surface area contributed by atoms with Gasteiger partial charge in [0, 0.05) is 0 Å². The Morgan fingerprint density at radius 3 is 2.41 bits per heavy atom. The van der Waals surface area contributed by atoms with Crippen LogP contribution in [0.25, 0.3) is 5.57 Å². The maximum absolute atomic E-state index is 12.7. The molecule has 0 aromatic heterocycles. The number of ether oxygens (including phenoxy) is 2. The molecule has 0 bridgehead atoms. The summed E-state index contributed by atoms with van der Waals surface area (Å²) in [5.74, 6) is -1.45. The van der Waals surface area contributed by atoms with Crippen LogP contribution in [0.2, 0.25) is 0 Å². The molecule has 1 atom stereocenters. The second-order valence-electron chi connectivity index (χ2n) is 6.20. The average molecular weight is 405 g/mol. The molecule has 7 nitrogen and oxygen atoms in total. The predicted molar refractivity (Wildman–Crippen MR) is 98.0 cm³/mol. The van der Waals surface area contributed by atoms with Crippen molar-refractivity contribution in [3.8, 4) is 11.5 Å². The number of carboxylic acid groups (broad SMARTS) is 2. The third kappa shape index (κ3) is 4.81. The van der Waals surface area contributed by atoms with E-state index in [1.165, 1.54) is 24.3 Å². The Balaban J connectivity index is 1.89. The zero-order chi connectivity index (χ0) is 21.0. The zero-order valence-electron chi connectivity index (χ0n) is 15.0. The van der Waals surface area contributed by atoms with E-state index >= 15 is 0 Å². The topological polar surface area (TPSA) is 96.3 Å². The van der Waals surface area contributed by atoms with Crippen LogP contribution in [0.5, 0.6) is 11.5 Å². The van der Waals surface area contributed by atoms with E-state index in [-0.39, 0.29) is 24.7 Å². The van der Waals surface area contributed by atoms with Crippen molar-refractivity contribution in [2.24, 2.45) is 0 Å². The van der Waals surface area contributed by atoms with Crippen LogP contribution in [0.15, 0.2) is 54.6 Å². The first-order valence-corrected chi connectivity index (χ1v) is 8.54. The van der Waals surface area contributed by atoms with Gasteiger partial charge < -0.3 is 19.7 Å². The molecule has 0 aliphatic carbocycles. The molecule has 0 fully saturated rings. The summed E-state index contributed by atoms with van der Waals surface area (Å²) in [6.07, 6.45) is -0.0673. The lowest BCUT2D eigenvalue weighted by molar-refractivity contribution is -0.140. The molecular weight excluding hydrogens is 388 g/mol. The highest BCUT2D eigenvalue weighted by Gasteiger charge is 2.34. The van der Waals surface area contributed by atoms with Gasteiger partial charge in [0.15, 0.2) is 17.5 Å². The number of benzene rings is 2. The summed E-state index contributed by atoms with van der Waals surface area (Å²) in [5, 5.41) is 18.4. The van der Waals surface area contributed by atoms with E-state index in [9.17, 15) is 28.6 Å². The van der Waals surface area contributed by atoms with Crippen molar-refractivity contribution in [1.29, 1.82) is 0 Å². The summed E-state index contributed by atoms with van der Waals surface area (Å²) in [4.78, 5) is 23.4. The maximum atomic E-state index is 12.7. The average Bonchev–Trinajstić information content (AvgIpc) is 3.14. The lowest BCUT2D eigenvalue weighted by atomic mass is 10.1. The van der Waals surface area contributed by atoms with Gasteiger partial charge >= 0.3 is 18.7 Å². The highest BCUT2D eigenvalue weighted by molar-refractivity contribution is 5.89. The lowest BCUT2D eigenvalue weighted by Gasteiger charge is -2.18. The van der Waals surface area contributed by atoms with Crippen molar-refractivity contribution in [3.05, 3.63) is 65.7 Å².